The first kappa shape index (κ1) is 12.5. The Morgan fingerprint density at radius 1 is 1.24 bits per heavy atom. The van der Waals surface area contributed by atoms with Gasteiger partial charge in [-0.1, -0.05) is 24.3 Å². The van der Waals surface area contributed by atoms with Crippen LogP contribution in [0.2, 0.25) is 0 Å². The van der Waals surface area contributed by atoms with Crippen LogP contribution in [0.4, 0.5) is 4.39 Å². The second-order valence-electron chi connectivity index (χ2n) is 5.18. The van der Waals surface area contributed by atoms with E-state index in [0.29, 0.717) is 12.8 Å². The SMILES string of the molecule is CC(N)c1ccc(C2(F)CCN(C)CC2)cc1. The smallest absolute Gasteiger partial charge is 0.138 e. The van der Waals surface area contributed by atoms with Gasteiger partial charge in [-0.15, -0.1) is 0 Å². The minimum absolute atomic E-state index is 0.0112. The Morgan fingerprint density at radius 2 is 1.76 bits per heavy atom. The lowest BCUT2D eigenvalue weighted by Gasteiger charge is -2.34. The third-order valence-electron chi connectivity index (χ3n) is 3.73. The molecule has 17 heavy (non-hydrogen) atoms. The van der Waals surface area contributed by atoms with Crippen molar-refractivity contribution < 1.29 is 4.39 Å². The maximum atomic E-state index is 14.8. The molecule has 0 amide bonds. The number of hydrogen-bond acceptors (Lipinski definition) is 2. The van der Waals surface area contributed by atoms with Crippen molar-refractivity contribution in [3.8, 4) is 0 Å². The molecule has 2 N–H and O–H groups in total. The average molecular weight is 236 g/mol. The maximum Gasteiger partial charge on any atom is 0.138 e. The average Bonchev–Trinajstić information content (AvgIpc) is 2.33. The van der Waals surface area contributed by atoms with E-state index < -0.39 is 5.67 Å². The molecule has 1 atom stereocenters. The summed E-state index contributed by atoms with van der Waals surface area (Å²) >= 11 is 0. The molecule has 0 radical (unpaired) electrons. The molecule has 0 aliphatic carbocycles. The number of rotatable bonds is 2. The molecule has 1 aliphatic heterocycles. The van der Waals surface area contributed by atoms with E-state index in [1.54, 1.807) is 0 Å². The van der Waals surface area contributed by atoms with Gasteiger partial charge in [-0.2, -0.15) is 0 Å². The van der Waals surface area contributed by atoms with E-state index in [9.17, 15) is 4.39 Å². The van der Waals surface area contributed by atoms with E-state index in [1.807, 2.05) is 38.2 Å². The van der Waals surface area contributed by atoms with Crippen LogP contribution in [0.3, 0.4) is 0 Å². The number of likely N-dealkylation sites (tertiary alicyclic amines) is 1. The highest BCUT2D eigenvalue weighted by atomic mass is 19.1. The van der Waals surface area contributed by atoms with Gasteiger partial charge in [-0.3, -0.25) is 0 Å². The van der Waals surface area contributed by atoms with E-state index >= 15 is 0 Å². The molecule has 1 aromatic carbocycles. The monoisotopic (exact) mass is 236 g/mol. The van der Waals surface area contributed by atoms with Crippen LogP contribution < -0.4 is 5.73 Å². The van der Waals surface area contributed by atoms with E-state index in [1.165, 1.54) is 0 Å². The first-order valence-corrected chi connectivity index (χ1v) is 6.25. The third kappa shape index (κ3) is 2.67. The normalized spacial score (nSPS) is 22.4. The van der Waals surface area contributed by atoms with Crippen molar-refractivity contribution >= 4 is 0 Å². The van der Waals surface area contributed by atoms with Gasteiger partial charge >= 0.3 is 0 Å². The number of benzene rings is 1. The van der Waals surface area contributed by atoms with Crippen molar-refractivity contribution in [2.24, 2.45) is 5.73 Å². The zero-order valence-electron chi connectivity index (χ0n) is 10.6. The van der Waals surface area contributed by atoms with Crippen molar-refractivity contribution in [2.75, 3.05) is 20.1 Å². The van der Waals surface area contributed by atoms with Gasteiger partial charge in [0.1, 0.15) is 5.67 Å². The largest absolute Gasteiger partial charge is 0.324 e. The van der Waals surface area contributed by atoms with Crippen molar-refractivity contribution in [3.63, 3.8) is 0 Å². The van der Waals surface area contributed by atoms with E-state index in [2.05, 4.69) is 4.90 Å². The van der Waals surface area contributed by atoms with Gasteiger partial charge in [0.15, 0.2) is 0 Å². The summed E-state index contributed by atoms with van der Waals surface area (Å²) in [5.74, 6) is 0. The number of halogens is 1. The molecule has 2 rings (SSSR count). The van der Waals surface area contributed by atoms with E-state index in [0.717, 1.165) is 24.2 Å². The second-order valence-corrected chi connectivity index (χ2v) is 5.18. The molecular weight excluding hydrogens is 215 g/mol. The molecule has 0 aromatic heterocycles. The fraction of sp³-hybridized carbons (Fsp3) is 0.571. The van der Waals surface area contributed by atoms with Gasteiger partial charge in [0.25, 0.3) is 0 Å². The lowest BCUT2D eigenvalue weighted by Crippen LogP contribution is -2.37. The summed E-state index contributed by atoms with van der Waals surface area (Å²) < 4.78 is 14.8. The minimum Gasteiger partial charge on any atom is -0.324 e. The quantitative estimate of drug-likeness (QED) is 0.855. The van der Waals surface area contributed by atoms with Crippen molar-refractivity contribution in [3.05, 3.63) is 35.4 Å². The number of piperidine rings is 1. The first-order chi connectivity index (χ1) is 8.01. The molecule has 1 aromatic rings. The summed E-state index contributed by atoms with van der Waals surface area (Å²) in [7, 11) is 2.04. The first-order valence-electron chi connectivity index (χ1n) is 6.25. The molecule has 0 spiro atoms. The number of nitrogens with two attached hydrogens (primary N) is 1. The third-order valence-corrected chi connectivity index (χ3v) is 3.73. The summed E-state index contributed by atoms with van der Waals surface area (Å²) in [6, 6.07) is 7.69. The Morgan fingerprint density at radius 3 is 2.24 bits per heavy atom. The predicted octanol–water partition coefficient (Wildman–Crippen LogP) is 2.60. The Balaban J connectivity index is 2.16. The molecule has 2 nitrogen and oxygen atoms in total. The Labute approximate surface area is 103 Å². The van der Waals surface area contributed by atoms with Crippen LogP contribution in [-0.2, 0) is 5.67 Å². The summed E-state index contributed by atoms with van der Waals surface area (Å²) in [5, 5.41) is 0. The zero-order valence-corrected chi connectivity index (χ0v) is 10.6. The molecule has 0 saturated carbocycles. The van der Waals surface area contributed by atoms with Crippen LogP contribution in [-0.4, -0.2) is 25.0 Å². The highest BCUT2D eigenvalue weighted by molar-refractivity contribution is 5.29. The molecule has 1 fully saturated rings. The van der Waals surface area contributed by atoms with Gasteiger partial charge in [-0.05, 0) is 37.9 Å². The molecule has 3 heteroatoms. The Kier molecular flexibility index (Phi) is 3.50. The van der Waals surface area contributed by atoms with E-state index in [4.69, 9.17) is 5.73 Å². The molecule has 1 heterocycles. The van der Waals surface area contributed by atoms with Crippen LogP contribution in [0.5, 0.6) is 0 Å². The summed E-state index contributed by atoms with van der Waals surface area (Å²) in [5.41, 5.74) is 6.50. The van der Waals surface area contributed by atoms with Crippen LogP contribution >= 0.6 is 0 Å². The topological polar surface area (TPSA) is 29.3 Å². The standard InChI is InChI=1S/C14H21FN2/c1-11(16)12-3-5-13(6-4-12)14(15)7-9-17(2)10-8-14/h3-6,11H,7-10,16H2,1-2H3. The van der Waals surface area contributed by atoms with Gasteiger partial charge in [0, 0.05) is 19.1 Å². The van der Waals surface area contributed by atoms with Crippen molar-refractivity contribution in [1.82, 2.24) is 4.90 Å². The lowest BCUT2D eigenvalue weighted by molar-refractivity contribution is 0.0673. The Bertz CT molecular complexity index is 364. The molecule has 94 valence electrons. The summed E-state index contributed by atoms with van der Waals surface area (Å²) in [6.45, 7) is 3.59. The predicted molar refractivity (Wildman–Crippen MR) is 68.6 cm³/mol. The van der Waals surface area contributed by atoms with Gasteiger partial charge in [0.05, 0.1) is 0 Å². The van der Waals surface area contributed by atoms with E-state index in [-0.39, 0.29) is 6.04 Å². The summed E-state index contributed by atoms with van der Waals surface area (Å²) in [4.78, 5) is 2.17. The van der Waals surface area contributed by atoms with Crippen molar-refractivity contribution in [2.45, 2.75) is 31.5 Å². The highest BCUT2D eigenvalue weighted by Gasteiger charge is 2.35. The van der Waals surface area contributed by atoms with Crippen LogP contribution in [0.15, 0.2) is 24.3 Å². The van der Waals surface area contributed by atoms with Gasteiger partial charge in [0.2, 0.25) is 0 Å². The maximum absolute atomic E-state index is 14.8. The van der Waals surface area contributed by atoms with Crippen LogP contribution in [0, 0.1) is 0 Å². The molecule has 1 aliphatic rings. The highest BCUT2D eigenvalue weighted by Crippen LogP contribution is 2.36. The zero-order chi connectivity index (χ0) is 12.5. The molecule has 1 saturated heterocycles. The fourth-order valence-electron chi connectivity index (χ4n) is 2.35. The lowest BCUT2D eigenvalue weighted by atomic mass is 9.85. The van der Waals surface area contributed by atoms with Crippen molar-refractivity contribution in [1.29, 1.82) is 0 Å². The number of alkyl halides is 1. The molecule has 1 unspecified atom stereocenters. The molecular formula is C14H21FN2. The second kappa shape index (κ2) is 4.75. The van der Waals surface area contributed by atoms with Gasteiger partial charge < -0.3 is 10.6 Å². The van der Waals surface area contributed by atoms with Crippen LogP contribution in [0.1, 0.15) is 36.9 Å². The molecule has 0 bridgehead atoms. The fourth-order valence-corrected chi connectivity index (χ4v) is 2.35. The number of nitrogens with zero attached hydrogens (tertiary/aromatic N) is 1. The number of hydrogen-bond donors (Lipinski definition) is 1. The minimum atomic E-state index is -1.15. The van der Waals surface area contributed by atoms with Crippen LogP contribution in [0.25, 0.3) is 0 Å². The Hall–Kier alpha value is -0.930. The van der Waals surface area contributed by atoms with Gasteiger partial charge in [-0.25, -0.2) is 4.39 Å². The summed E-state index contributed by atoms with van der Waals surface area (Å²) in [6.07, 6.45) is 1.17.